The molecule has 0 aliphatic heterocycles. The van der Waals surface area contributed by atoms with Crippen LogP contribution in [0.1, 0.15) is 18.0 Å². The van der Waals surface area contributed by atoms with Gasteiger partial charge in [-0.25, -0.2) is 0 Å². The van der Waals surface area contributed by atoms with Crippen molar-refractivity contribution >= 4 is 15.9 Å². The molecule has 2 heteroatoms. The molecule has 1 aromatic carbocycles. The summed E-state index contributed by atoms with van der Waals surface area (Å²) in [6.45, 7) is 3.66. The molecule has 0 bridgehead atoms. The molecule has 0 radical (unpaired) electrons. The van der Waals surface area contributed by atoms with E-state index in [0.717, 1.165) is 16.5 Å². The molecule has 0 spiro atoms. The second-order valence-electron chi connectivity index (χ2n) is 2.65. The van der Waals surface area contributed by atoms with E-state index in [0.29, 0.717) is 0 Å². The third-order valence-corrected chi connectivity index (χ3v) is 2.45. The second-order valence-corrected chi connectivity index (χ2v) is 3.51. The lowest BCUT2D eigenvalue weighted by Crippen LogP contribution is -2.09. The Kier molecular flexibility index (Phi) is 3.50. The number of hydrogen-bond donors (Lipinski definition) is 1. The molecule has 2 N–H and O–H groups in total. The summed E-state index contributed by atoms with van der Waals surface area (Å²) in [6, 6.07) is 8.05. The van der Waals surface area contributed by atoms with Crippen LogP contribution in [-0.4, -0.2) is 0 Å². The van der Waals surface area contributed by atoms with Gasteiger partial charge in [0.2, 0.25) is 0 Å². The number of benzene rings is 1. The van der Waals surface area contributed by atoms with E-state index in [1.165, 1.54) is 0 Å². The monoisotopic (exact) mass is 225 g/mol. The van der Waals surface area contributed by atoms with Crippen LogP contribution in [0, 0.1) is 0 Å². The maximum Gasteiger partial charge on any atom is 0.0340 e. The molecule has 0 fully saturated rings. The van der Waals surface area contributed by atoms with Gasteiger partial charge in [0.25, 0.3) is 0 Å². The first kappa shape index (κ1) is 9.49. The van der Waals surface area contributed by atoms with Crippen LogP contribution in [0.5, 0.6) is 0 Å². The highest BCUT2D eigenvalue weighted by molar-refractivity contribution is 9.10. The average Bonchev–Trinajstić information content (AvgIpc) is 2.05. The Balaban J connectivity index is 2.86. The first-order valence-electron chi connectivity index (χ1n) is 3.86. The van der Waals surface area contributed by atoms with E-state index in [4.69, 9.17) is 5.73 Å². The Labute approximate surface area is 81.4 Å². The minimum absolute atomic E-state index is 0.0538. The third-order valence-electron chi connectivity index (χ3n) is 1.73. The van der Waals surface area contributed by atoms with Crippen molar-refractivity contribution in [3.05, 3.63) is 47.0 Å². The van der Waals surface area contributed by atoms with Crippen LogP contribution in [0.15, 0.2) is 41.4 Å². The first-order valence-corrected chi connectivity index (χ1v) is 4.66. The van der Waals surface area contributed by atoms with Crippen molar-refractivity contribution in [3.63, 3.8) is 0 Å². The summed E-state index contributed by atoms with van der Waals surface area (Å²) in [4.78, 5) is 0. The van der Waals surface area contributed by atoms with E-state index in [2.05, 4.69) is 22.5 Å². The van der Waals surface area contributed by atoms with Crippen molar-refractivity contribution in [1.29, 1.82) is 0 Å². The fraction of sp³-hybridized carbons (Fsp3) is 0.200. The van der Waals surface area contributed by atoms with Crippen molar-refractivity contribution in [3.8, 4) is 0 Å². The smallest absolute Gasteiger partial charge is 0.0340 e. The van der Waals surface area contributed by atoms with Crippen LogP contribution < -0.4 is 5.73 Å². The van der Waals surface area contributed by atoms with Gasteiger partial charge in [-0.3, -0.25) is 0 Å². The van der Waals surface area contributed by atoms with Crippen molar-refractivity contribution in [1.82, 2.24) is 0 Å². The first-order chi connectivity index (χ1) is 5.75. The Morgan fingerprint density at radius 3 is 2.75 bits per heavy atom. The molecule has 1 rings (SSSR count). The van der Waals surface area contributed by atoms with Crippen LogP contribution in [0.2, 0.25) is 0 Å². The highest BCUT2D eigenvalue weighted by Gasteiger charge is 2.06. The van der Waals surface area contributed by atoms with Gasteiger partial charge in [0.05, 0.1) is 0 Å². The van der Waals surface area contributed by atoms with Crippen molar-refractivity contribution in [2.75, 3.05) is 0 Å². The van der Waals surface area contributed by atoms with Gasteiger partial charge in [-0.05, 0) is 18.1 Å². The predicted molar refractivity (Wildman–Crippen MR) is 55.9 cm³/mol. The summed E-state index contributed by atoms with van der Waals surface area (Å²) in [6.07, 6.45) is 2.65. The van der Waals surface area contributed by atoms with E-state index in [9.17, 15) is 0 Å². The Bertz CT molecular complexity index is 270. The summed E-state index contributed by atoms with van der Waals surface area (Å²) in [5.74, 6) is 0. The maximum atomic E-state index is 5.91. The Hall–Kier alpha value is -0.600. The zero-order chi connectivity index (χ0) is 8.97. The lowest BCUT2D eigenvalue weighted by Gasteiger charge is -2.10. The molecular formula is C10H12BrN. The van der Waals surface area contributed by atoms with Crippen molar-refractivity contribution in [2.24, 2.45) is 5.73 Å². The SMILES string of the molecule is C=CCC(N)c1ccccc1Br. The van der Waals surface area contributed by atoms with Gasteiger partial charge in [-0.1, -0.05) is 40.2 Å². The molecule has 1 aromatic rings. The van der Waals surface area contributed by atoms with Crippen LogP contribution in [0.4, 0.5) is 0 Å². The summed E-state index contributed by atoms with van der Waals surface area (Å²) in [5, 5.41) is 0. The summed E-state index contributed by atoms with van der Waals surface area (Å²) in [7, 11) is 0. The number of halogens is 1. The van der Waals surface area contributed by atoms with Crippen LogP contribution >= 0.6 is 15.9 Å². The Morgan fingerprint density at radius 1 is 1.50 bits per heavy atom. The van der Waals surface area contributed by atoms with E-state index < -0.39 is 0 Å². The molecule has 0 aliphatic carbocycles. The molecule has 0 heterocycles. The molecular weight excluding hydrogens is 214 g/mol. The predicted octanol–water partition coefficient (Wildman–Crippen LogP) is 3.03. The largest absolute Gasteiger partial charge is 0.324 e. The molecule has 1 unspecified atom stereocenters. The van der Waals surface area contributed by atoms with Crippen LogP contribution in [0.25, 0.3) is 0 Å². The van der Waals surface area contributed by atoms with E-state index in [-0.39, 0.29) is 6.04 Å². The normalized spacial score (nSPS) is 12.5. The minimum Gasteiger partial charge on any atom is -0.324 e. The van der Waals surface area contributed by atoms with E-state index in [1.54, 1.807) is 0 Å². The molecule has 0 aliphatic rings. The fourth-order valence-electron chi connectivity index (χ4n) is 1.08. The lowest BCUT2D eigenvalue weighted by atomic mass is 10.1. The highest BCUT2D eigenvalue weighted by atomic mass is 79.9. The number of hydrogen-bond acceptors (Lipinski definition) is 1. The molecule has 64 valence electrons. The highest BCUT2D eigenvalue weighted by Crippen LogP contribution is 2.23. The second kappa shape index (κ2) is 4.43. The standard InChI is InChI=1S/C10H12BrN/c1-2-5-10(12)8-6-3-4-7-9(8)11/h2-4,6-7,10H,1,5,12H2. The van der Waals surface area contributed by atoms with Gasteiger partial charge in [-0.15, -0.1) is 6.58 Å². The third kappa shape index (κ3) is 2.19. The summed E-state index contributed by atoms with van der Waals surface area (Å²) < 4.78 is 1.07. The molecule has 12 heavy (non-hydrogen) atoms. The van der Waals surface area contributed by atoms with Crippen LogP contribution in [-0.2, 0) is 0 Å². The van der Waals surface area contributed by atoms with Gasteiger partial charge in [0.15, 0.2) is 0 Å². The lowest BCUT2D eigenvalue weighted by molar-refractivity contribution is 0.738. The van der Waals surface area contributed by atoms with Gasteiger partial charge >= 0.3 is 0 Å². The Morgan fingerprint density at radius 2 is 2.17 bits per heavy atom. The molecule has 1 atom stereocenters. The molecule has 0 aromatic heterocycles. The van der Waals surface area contributed by atoms with Gasteiger partial charge < -0.3 is 5.73 Å². The molecule has 0 amide bonds. The fourth-order valence-corrected chi connectivity index (χ4v) is 1.66. The van der Waals surface area contributed by atoms with Gasteiger partial charge in [0.1, 0.15) is 0 Å². The van der Waals surface area contributed by atoms with Crippen molar-refractivity contribution in [2.45, 2.75) is 12.5 Å². The number of rotatable bonds is 3. The average molecular weight is 226 g/mol. The van der Waals surface area contributed by atoms with Crippen LogP contribution in [0.3, 0.4) is 0 Å². The molecule has 0 saturated carbocycles. The molecule has 0 saturated heterocycles. The van der Waals surface area contributed by atoms with E-state index >= 15 is 0 Å². The number of nitrogens with two attached hydrogens (primary N) is 1. The quantitative estimate of drug-likeness (QED) is 0.787. The van der Waals surface area contributed by atoms with Crippen molar-refractivity contribution < 1.29 is 0 Å². The summed E-state index contributed by atoms with van der Waals surface area (Å²) >= 11 is 3.45. The zero-order valence-electron chi connectivity index (χ0n) is 6.83. The molecule has 1 nitrogen and oxygen atoms in total. The van der Waals surface area contributed by atoms with Gasteiger partial charge in [-0.2, -0.15) is 0 Å². The van der Waals surface area contributed by atoms with Gasteiger partial charge in [0, 0.05) is 10.5 Å². The van der Waals surface area contributed by atoms with E-state index in [1.807, 2.05) is 30.3 Å². The minimum atomic E-state index is 0.0538. The zero-order valence-corrected chi connectivity index (χ0v) is 8.42. The maximum absolute atomic E-state index is 5.91. The topological polar surface area (TPSA) is 26.0 Å². The summed E-state index contributed by atoms with van der Waals surface area (Å²) in [5.41, 5.74) is 7.04.